The van der Waals surface area contributed by atoms with Crippen molar-refractivity contribution in [1.29, 1.82) is 21.0 Å². The van der Waals surface area contributed by atoms with E-state index in [4.69, 9.17) is 17.9 Å². The summed E-state index contributed by atoms with van der Waals surface area (Å²) >= 11 is 0. The fraction of sp³-hybridized carbons (Fsp3) is 0.171. The van der Waals surface area contributed by atoms with Crippen LogP contribution < -0.4 is 10.2 Å². The summed E-state index contributed by atoms with van der Waals surface area (Å²) in [5, 5.41) is 62.0. The molecule has 0 radical (unpaired) electrons. The molecular weight excluding hydrogens is 670 g/mol. The van der Waals surface area contributed by atoms with Crippen molar-refractivity contribution in [2.75, 3.05) is 26.3 Å². The van der Waals surface area contributed by atoms with Gasteiger partial charge in [-0.3, -0.25) is 4.85 Å². The summed E-state index contributed by atoms with van der Waals surface area (Å²) in [7, 11) is 0. The number of morpholine rings is 1. The SMILES string of the molecule is [C-]#[N+]/C(C#N)=C(/C(C#N)=C/C=C/C1=C(N2CCOCC2)C(=C/C=C/C(C#N)=C(/c2ccc(C(=O)[O-])cc2)C(C#N)[N+]#[C-])/CC1)c1ccc(C(=O)[O-])cc1. The van der Waals surface area contributed by atoms with Crippen LogP contribution in [0, 0.1) is 58.5 Å². The lowest BCUT2D eigenvalue weighted by Crippen LogP contribution is -2.36. The Morgan fingerprint density at radius 1 is 0.830 bits per heavy atom. The zero-order chi connectivity index (χ0) is 38.3. The molecule has 0 amide bonds. The third-order valence-electron chi connectivity index (χ3n) is 8.34. The van der Waals surface area contributed by atoms with Gasteiger partial charge in [0.1, 0.15) is 0 Å². The molecule has 0 spiro atoms. The predicted molar refractivity (Wildman–Crippen MR) is 188 cm³/mol. The molecule has 258 valence electrons. The first-order valence-electron chi connectivity index (χ1n) is 16.0. The van der Waals surface area contributed by atoms with Gasteiger partial charge in [0.15, 0.2) is 6.07 Å². The first-order chi connectivity index (χ1) is 25.7. The van der Waals surface area contributed by atoms with E-state index >= 15 is 0 Å². The van der Waals surface area contributed by atoms with Crippen LogP contribution in [0.4, 0.5) is 0 Å². The second-order valence-corrected chi connectivity index (χ2v) is 11.4. The lowest BCUT2D eigenvalue weighted by atomic mass is 9.93. The van der Waals surface area contributed by atoms with E-state index in [1.807, 2.05) is 24.3 Å². The predicted octanol–water partition coefficient (Wildman–Crippen LogP) is 4.23. The number of benzene rings is 2. The van der Waals surface area contributed by atoms with Crippen LogP contribution in [0.15, 0.2) is 119 Å². The van der Waals surface area contributed by atoms with Crippen molar-refractivity contribution in [3.8, 4) is 24.3 Å². The molecule has 12 nitrogen and oxygen atoms in total. The van der Waals surface area contributed by atoms with Crippen LogP contribution in [0.25, 0.3) is 20.8 Å². The van der Waals surface area contributed by atoms with Gasteiger partial charge in [0.25, 0.3) is 5.70 Å². The smallest absolute Gasteiger partial charge is 0.334 e. The molecular formula is C41H27N7O5-2. The van der Waals surface area contributed by atoms with E-state index in [9.17, 15) is 40.8 Å². The van der Waals surface area contributed by atoms with Gasteiger partial charge in [-0.05, 0) is 58.4 Å². The van der Waals surface area contributed by atoms with Crippen molar-refractivity contribution in [3.63, 3.8) is 0 Å². The highest BCUT2D eigenvalue weighted by Crippen LogP contribution is 2.36. The number of carbonyl (C=O) groups excluding carboxylic acids is 2. The molecule has 1 unspecified atom stereocenters. The minimum atomic E-state index is -1.39. The van der Waals surface area contributed by atoms with E-state index < -0.39 is 18.0 Å². The van der Waals surface area contributed by atoms with Crippen molar-refractivity contribution < 1.29 is 24.5 Å². The summed E-state index contributed by atoms with van der Waals surface area (Å²) in [5.74, 6) is -2.77. The van der Waals surface area contributed by atoms with Gasteiger partial charge in [-0.1, -0.05) is 72.8 Å². The molecule has 2 aromatic rings. The number of carbonyl (C=O) groups is 2. The summed E-state index contributed by atoms with van der Waals surface area (Å²) in [6.45, 7) is 17.3. The molecule has 0 aromatic heterocycles. The number of nitriles is 4. The van der Waals surface area contributed by atoms with Gasteiger partial charge in [-0.25, -0.2) is 16.7 Å². The van der Waals surface area contributed by atoms with Crippen LogP contribution in [0.1, 0.15) is 44.7 Å². The third-order valence-corrected chi connectivity index (χ3v) is 8.34. The Hall–Kier alpha value is -7.74. The van der Waals surface area contributed by atoms with E-state index in [2.05, 4.69) is 26.7 Å². The number of hydrogen-bond donors (Lipinski definition) is 0. The van der Waals surface area contributed by atoms with Gasteiger partial charge in [0.2, 0.25) is 0 Å². The van der Waals surface area contributed by atoms with Crippen LogP contribution in [0.2, 0.25) is 0 Å². The van der Waals surface area contributed by atoms with Gasteiger partial charge < -0.3 is 29.4 Å². The molecule has 1 saturated heterocycles. The van der Waals surface area contributed by atoms with Crippen molar-refractivity contribution in [2.24, 2.45) is 0 Å². The molecule has 0 bridgehead atoms. The highest BCUT2D eigenvalue weighted by molar-refractivity contribution is 5.91. The molecule has 2 aliphatic rings. The molecule has 0 saturated carbocycles. The highest BCUT2D eigenvalue weighted by Gasteiger charge is 2.26. The second kappa shape index (κ2) is 18.3. The summed E-state index contributed by atoms with van der Waals surface area (Å²) < 4.78 is 5.57. The van der Waals surface area contributed by atoms with Crippen LogP contribution in [0.5, 0.6) is 0 Å². The Kier molecular flexibility index (Phi) is 13.2. The quantitative estimate of drug-likeness (QED) is 0.186. The van der Waals surface area contributed by atoms with Crippen molar-refractivity contribution >= 4 is 23.1 Å². The van der Waals surface area contributed by atoms with Gasteiger partial charge in [-0.15, -0.1) is 0 Å². The van der Waals surface area contributed by atoms with Crippen LogP contribution in [-0.2, 0) is 4.74 Å². The van der Waals surface area contributed by atoms with Crippen LogP contribution >= 0.6 is 0 Å². The third kappa shape index (κ3) is 9.09. The zero-order valence-electron chi connectivity index (χ0n) is 28.1. The van der Waals surface area contributed by atoms with Crippen LogP contribution in [0.3, 0.4) is 0 Å². The molecule has 2 aromatic carbocycles. The average Bonchev–Trinajstić information content (AvgIpc) is 3.59. The van der Waals surface area contributed by atoms with Gasteiger partial charge in [0, 0.05) is 24.4 Å². The van der Waals surface area contributed by atoms with Crippen LogP contribution in [-0.4, -0.2) is 49.2 Å². The molecule has 53 heavy (non-hydrogen) atoms. The summed E-state index contributed by atoms with van der Waals surface area (Å²) in [6, 6.07) is 17.3. The molecule has 12 heteroatoms. The summed E-state index contributed by atoms with van der Waals surface area (Å²) in [6.07, 6.45) is 11.3. The fourth-order valence-electron chi connectivity index (χ4n) is 5.85. The number of rotatable bonds is 11. The Bertz CT molecular complexity index is 2250. The molecule has 4 rings (SSSR count). The normalized spacial score (nSPS) is 16.8. The van der Waals surface area contributed by atoms with Gasteiger partial charge >= 0.3 is 6.04 Å². The first-order valence-corrected chi connectivity index (χ1v) is 16.0. The van der Waals surface area contributed by atoms with Crippen molar-refractivity contribution in [3.05, 3.63) is 164 Å². The molecule has 1 heterocycles. The number of allylic oxidation sites excluding steroid dienone is 12. The Labute approximate surface area is 306 Å². The maximum absolute atomic E-state index is 11.2. The largest absolute Gasteiger partial charge is 0.545 e. The van der Waals surface area contributed by atoms with Gasteiger partial charge in [0.05, 0.1) is 66.7 Å². The minimum absolute atomic E-state index is 0.0243. The lowest BCUT2D eigenvalue weighted by molar-refractivity contribution is -0.256. The second-order valence-electron chi connectivity index (χ2n) is 11.4. The molecule has 1 fully saturated rings. The van der Waals surface area contributed by atoms with E-state index in [1.54, 1.807) is 12.2 Å². The fourth-order valence-corrected chi connectivity index (χ4v) is 5.85. The van der Waals surface area contributed by atoms with Crippen molar-refractivity contribution in [1.82, 2.24) is 4.90 Å². The highest BCUT2D eigenvalue weighted by atomic mass is 16.5. The van der Waals surface area contributed by atoms with Crippen molar-refractivity contribution in [2.45, 2.75) is 18.9 Å². The van der Waals surface area contributed by atoms with E-state index in [1.165, 1.54) is 60.7 Å². The van der Waals surface area contributed by atoms with Gasteiger partial charge in [-0.2, -0.15) is 15.8 Å². The lowest BCUT2D eigenvalue weighted by Gasteiger charge is -2.31. The topological polar surface area (TPSA) is 197 Å². The standard InChI is InChI=1S/C41H29N7O5/c1-46-35(25-44)37(27-9-15-31(16-10-27)40(49)50)33(23-42)7-3-5-29-13-14-30(39(29)48-19-21-53-22-20-48)6-4-8-34(24-43)38(36(26-45)47-2)28-11-17-32(18-12-28)41(51)52/h3-12,15-18,35H,13-14,19-22H2,(H,49,50)(H,51,52)/p-2/b6-4+,7-3+,29-5+,34-8+,37-33+,38-36+. The number of ether oxygens (including phenoxy) is 1. The minimum Gasteiger partial charge on any atom is -0.545 e. The average molecular weight is 698 g/mol. The first kappa shape index (κ1) is 38.1. The van der Waals surface area contributed by atoms with E-state index in [0.29, 0.717) is 50.3 Å². The maximum Gasteiger partial charge on any atom is 0.334 e. The number of aromatic carboxylic acids is 2. The monoisotopic (exact) mass is 697 g/mol. The summed E-state index contributed by atoms with van der Waals surface area (Å²) in [4.78, 5) is 31.3. The summed E-state index contributed by atoms with van der Waals surface area (Å²) in [5.41, 5.74) is 3.26. The number of carboxylic acid groups (broad SMARTS) is 2. The van der Waals surface area contributed by atoms with E-state index in [-0.39, 0.29) is 39.1 Å². The molecule has 0 N–H and O–H groups in total. The molecule has 1 aliphatic heterocycles. The Morgan fingerprint density at radius 2 is 1.43 bits per heavy atom. The molecule has 1 atom stereocenters. The van der Waals surface area contributed by atoms with E-state index in [0.717, 1.165) is 16.8 Å². The maximum atomic E-state index is 11.2. The zero-order valence-corrected chi connectivity index (χ0v) is 28.1. The number of carboxylic acids is 2. The Balaban J connectivity index is 1.76. The number of hydrogen-bond acceptors (Lipinski definition) is 10. The molecule has 1 aliphatic carbocycles. The Morgan fingerprint density at radius 3 is 1.94 bits per heavy atom. The number of nitrogens with zero attached hydrogens (tertiary/aromatic N) is 7.